The number of carboxylic acids is 1. The number of benzene rings is 1. The summed E-state index contributed by atoms with van der Waals surface area (Å²) in [6, 6.07) is 2.09. The Labute approximate surface area is 109 Å². The molecule has 1 aromatic carbocycles. The molecule has 0 saturated heterocycles. The highest BCUT2D eigenvalue weighted by Gasteiger charge is 2.30. The van der Waals surface area contributed by atoms with E-state index in [1.54, 1.807) is 21.0 Å². The van der Waals surface area contributed by atoms with Crippen LogP contribution in [0.4, 0.5) is 0 Å². The van der Waals surface area contributed by atoms with Gasteiger partial charge in [-0.3, -0.25) is 4.79 Å². The molecular formula is C15H22O3. The molecule has 18 heavy (non-hydrogen) atoms. The number of carboxylic acid groups (broad SMARTS) is 1. The predicted molar refractivity (Wildman–Crippen MR) is 72.3 cm³/mol. The van der Waals surface area contributed by atoms with Gasteiger partial charge in [0.25, 0.3) is 0 Å². The minimum absolute atomic E-state index is 0.471. The summed E-state index contributed by atoms with van der Waals surface area (Å²) in [7, 11) is 1.64. The Balaban J connectivity index is 3.33. The molecule has 0 aliphatic heterocycles. The fourth-order valence-corrected chi connectivity index (χ4v) is 2.12. The number of hydrogen-bond acceptors (Lipinski definition) is 2. The first-order chi connectivity index (χ1) is 8.20. The van der Waals surface area contributed by atoms with E-state index in [0.29, 0.717) is 6.42 Å². The van der Waals surface area contributed by atoms with E-state index in [-0.39, 0.29) is 0 Å². The summed E-state index contributed by atoms with van der Waals surface area (Å²) >= 11 is 0. The number of aryl methyl sites for hydroxylation is 2. The van der Waals surface area contributed by atoms with Crippen LogP contribution in [0, 0.1) is 26.2 Å². The third-order valence-corrected chi connectivity index (χ3v) is 3.52. The summed E-state index contributed by atoms with van der Waals surface area (Å²) in [6.45, 7) is 9.52. The molecule has 3 heteroatoms. The zero-order valence-electron chi connectivity index (χ0n) is 12.0. The fraction of sp³-hybridized carbons (Fsp3) is 0.533. The van der Waals surface area contributed by atoms with Crippen LogP contribution in [-0.2, 0) is 11.2 Å². The van der Waals surface area contributed by atoms with Crippen LogP contribution in [0.15, 0.2) is 6.07 Å². The molecule has 0 aliphatic rings. The Bertz CT molecular complexity index is 473. The number of methoxy groups -OCH3 is 1. The fourth-order valence-electron chi connectivity index (χ4n) is 2.12. The zero-order chi connectivity index (χ0) is 14.1. The summed E-state index contributed by atoms with van der Waals surface area (Å²) in [6.07, 6.45) is 0.471. The van der Waals surface area contributed by atoms with Gasteiger partial charge in [-0.15, -0.1) is 0 Å². The van der Waals surface area contributed by atoms with Gasteiger partial charge in [-0.2, -0.15) is 0 Å². The number of aliphatic carboxylic acids is 1. The lowest BCUT2D eigenvalue weighted by atomic mass is 9.83. The van der Waals surface area contributed by atoms with Gasteiger partial charge in [0.05, 0.1) is 12.5 Å². The monoisotopic (exact) mass is 250 g/mol. The van der Waals surface area contributed by atoms with Crippen molar-refractivity contribution in [1.29, 1.82) is 0 Å². The second-order valence-corrected chi connectivity index (χ2v) is 5.51. The van der Waals surface area contributed by atoms with Crippen LogP contribution >= 0.6 is 0 Å². The first kappa shape index (κ1) is 14.6. The third kappa shape index (κ3) is 2.66. The second-order valence-electron chi connectivity index (χ2n) is 5.51. The molecule has 100 valence electrons. The van der Waals surface area contributed by atoms with Gasteiger partial charge < -0.3 is 9.84 Å². The van der Waals surface area contributed by atoms with Crippen molar-refractivity contribution in [3.05, 3.63) is 28.3 Å². The Morgan fingerprint density at radius 2 is 1.83 bits per heavy atom. The Kier molecular flexibility index (Phi) is 4.05. The van der Waals surface area contributed by atoms with Crippen molar-refractivity contribution in [2.45, 2.75) is 41.0 Å². The molecule has 0 spiro atoms. The molecule has 0 aromatic heterocycles. The van der Waals surface area contributed by atoms with Gasteiger partial charge in [-0.05, 0) is 63.3 Å². The quantitative estimate of drug-likeness (QED) is 0.892. The first-order valence-electron chi connectivity index (χ1n) is 6.07. The lowest BCUT2D eigenvalue weighted by Gasteiger charge is -2.23. The molecular weight excluding hydrogens is 228 g/mol. The van der Waals surface area contributed by atoms with Crippen LogP contribution in [-0.4, -0.2) is 18.2 Å². The van der Waals surface area contributed by atoms with E-state index in [9.17, 15) is 9.90 Å². The molecule has 0 aliphatic carbocycles. The summed E-state index contributed by atoms with van der Waals surface area (Å²) < 4.78 is 5.47. The van der Waals surface area contributed by atoms with Crippen LogP contribution in [0.3, 0.4) is 0 Å². The normalized spacial score (nSPS) is 11.4. The molecule has 1 aromatic rings. The lowest BCUT2D eigenvalue weighted by Crippen LogP contribution is -2.27. The van der Waals surface area contributed by atoms with Crippen molar-refractivity contribution in [2.75, 3.05) is 7.11 Å². The largest absolute Gasteiger partial charge is 0.496 e. The smallest absolute Gasteiger partial charge is 0.309 e. The maximum atomic E-state index is 11.2. The van der Waals surface area contributed by atoms with Crippen molar-refractivity contribution in [1.82, 2.24) is 0 Å². The SMILES string of the molecule is COc1c(C)c(C)cc(C)c1CC(C)(C)C(=O)O. The molecule has 3 nitrogen and oxygen atoms in total. The maximum absolute atomic E-state index is 11.2. The molecule has 0 saturated carbocycles. The standard InChI is InChI=1S/C15H22O3/c1-9-7-10(2)12(13(18-6)11(9)3)8-15(4,5)14(16)17/h7H,8H2,1-6H3,(H,16,17). The zero-order valence-corrected chi connectivity index (χ0v) is 12.0. The second kappa shape index (κ2) is 5.01. The highest BCUT2D eigenvalue weighted by atomic mass is 16.5. The highest BCUT2D eigenvalue weighted by molar-refractivity contribution is 5.74. The van der Waals surface area contributed by atoms with Gasteiger partial charge in [0, 0.05) is 0 Å². The summed E-state index contributed by atoms with van der Waals surface area (Å²) in [5.74, 6) is 0.0315. The first-order valence-corrected chi connectivity index (χ1v) is 6.07. The van der Waals surface area contributed by atoms with Crippen molar-refractivity contribution >= 4 is 5.97 Å². The van der Waals surface area contributed by atoms with E-state index in [0.717, 1.165) is 22.4 Å². The van der Waals surface area contributed by atoms with E-state index in [1.165, 1.54) is 5.56 Å². The average molecular weight is 250 g/mol. The van der Waals surface area contributed by atoms with Crippen molar-refractivity contribution in [3.63, 3.8) is 0 Å². The number of carbonyl (C=O) groups is 1. The van der Waals surface area contributed by atoms with Crippen LogP contribution in [0.5, 0.6) is 5.75 Å². The minimum atomic E-state index is -0.792. The molecule has 0 heterocycles. The summed E-state index contributed by atoms with van der Waals surface area (Å²) in [5, 5.41) is 9.24. The van der Waals surface area contributed by atoms with Crippen LogP contribution in [0.25, 0.3) is 0 Å². The van der Waals surface area contributed by atoms with Crippen LogP contribution in [0.1, 0.15) is 36.1 Å². The van der Waals surface area contributed by atoms with Crippen molar-refractivity contribution < 1.29 is 14.6 Å². The Morgan fingerprint density at radius 1 is 1.28 bits per heavy atom. The van der Waals surface area contributed by atoms with Crippen LogP contribution in [0.2, 0.25) is 0 Å². The molecule has 0 fully saturated rings. The van der Waals surface area contributed by atoms with Crippen molar-refractivity contribution in [3.8, 4) is 5.75 Å². The number of rotatable bonds is 4. The maximum Gasteiger partial charge on any atom is 0.309 e. The molecule has 0 unspecified atom stereocenters. The predicted octanol–water partition coefficient (Wildman–Crippen LogP) is 3.27. The summed E-state index contributed by atoms with van der Waals surface area (Å²) in [5.41, 5.74) is 3.54. The van der Waals surface area contributed by atoms with Gasteiger partial charge in [0.2, 0.25) is 0 Å². The van der Waals surface area contributed by atoms with Gasteiger partial charge in [0.15, 0.2) is 0 Å². The van der Waals surface area contributed by atoms with Crippen LogP contribution < -0.4 is 4.74 Å². The summed E-state index contributed by atoms with van der Waals surface area (Å²) in [4.78, 5) is 11.2. The van der Waals surface area contributed by atoms with Gasteiger partial charge >= 0.3 is 5.97 Å². The van der Waals surface area contributed by atoms with Gasteiger partial charge in [-0.1, -0.05) is 6.07 Å². The van der Waals surface area contributed by atoms with Gasteiger partial charge in [-0.25, -0.2) is 0 Å². The molecule has 1 rings (SSSR count). The molecule has 0 bridgehead atoms. The Hall–Kier alpha value is -1.51. The van der Waals surface area contributed by atoms with Gasteiger partial charge in [0.1, 0.15) is 5.75 Å². The number of hydrogen-bond donors (Lipinski definition) is 1. The molecule has 0 radical (unpaired) electrons. The Morgan fingerprint density at radius 3 is 2.28 bits per heavy atom. The molecule has 0 amide bonds. The van der Waals surface area contributed by atoms with E-state index in [2.05, 4.69) is 6.07 Å². The minimum Gasteiger partial charge on any atom is -0.496 e. The molecule has 0 atom stereocenters. The lowest BCUT2D eigenvalue weighted by molar-refractivity contribution is -0.146. The van der Waals surface area contributed by atoms with E-state index in [4.69, 9.17) is 4.74 Å². The number of ether oxygens (including phenoxy) is 1. The highest BCUT2D eigenvalue weighted by Crippen LogP contribution is 2.34. The van der Waals surface area contributed by atoms with E-state index < -0.39 is 11.4 Å². The molecule has 1 N–H and O–H groups in total. The third-order valence-electron chi connectivity index (χ3n) is 3.52. The topological polar surface area (TPSA) is 46.5 Å². The van der Waals surface area contributed by atoms with Crippen molar-refractivity contribution in [2.24, 2.45) is 5.41 Å². The average Bonchev–Trinajstić information content (AvgIpc) is 2.26. The van der Waals surface area contributed by atoms with E-state index >= 15 is 0 Å². The van der Waals surface area contributed by atoms with E-state index in [1.807, 2.05) is 20.8 Å².